The van der Waals surface area contributed by atoms with Crippen LogP contribution in [0.4, 0.5) is 15.4 Å². The Morgan fingerprint density at radius 1 is 1.12 bits per heavy atom. The molecule has 1 unspecified atom stereocenters. The van der Waals surface area contributed by atoms with Crippen LogP contribution < -0.4 is 15.4 Å². The highest BCUT2D eigenvalue weighted by molar-refractivity contribution is 6.31. The first-order valence-corrected chi connectivity index (χ1v) is 11.3. The summed E-state index contributed by atoms with van der Waals surface area (Å²) in [6.07, 6.45) is 1.08. The SMILES string of the molecule is COC(=O)Nc1cc(-c2ccc(OCC(C)(CC(C)C)NC(=O)OC(C)(C)C)c(Cl)n2)ccn1. The molecule has 0 aliphatic rings. The first-order valence-electron chi connectivity index (χ1n) is 10.9. The molecule has 9 nitrogen and oxygen atoms in total. The van der Waals surface area contributed by atoms with Crippen LogP contribution in [-0.2, 0) is 9.47 Å². The lowest BCUT2D eigenvalue weighted by atomic mass is 9.91. The average Bonchev–Trinajstić information content (AvgIpc) is 2.70. The number of pyridine rings is 2. The summed E-state index contributed by atoms with van der Waals surface area (Å²) >= 11 is 6.40. The van der Waals surface area contributed by atoms with E-state index in [0.717, 1.165) is 0 Å². The van der Waals surface area contributed by atoms with Crippen molar-refractivity contribution in [2.45, 2.75) is 59.1 Å². The van der Waals surface area contributed by atoms with Crippen molar-refractivity contribution in [3.63, 3.8) is 0 Å². The third-order valence-corrected chi connectivity index (χ3v) is 4.76. The van der Waals surface area contributed by atoms with Crippen LogP contribution in [0.5, 0.6) is 5.75 Å². The molecule has 0 aromatic carbocycles. The fraction of sp³-hybridized carbons (Fsp3) is 0.500. The van der Waals surface area contributed by atoms with E-state index in [1.807, 2.05) is 27.7 Å². The predicted molar refractivity (Wildman–Crippen MR) is 131 cm³/mol. The maximum Gasteiger partial charge on any atom is 0.412 e. The number of nitrogens with one attached hydrogen (secondary N) is 2. The minimum absolute atomic E-state index is 0.168. The number of hydrogen-bond donors (Lipinski definition) is 2. The van der Waals surface area contributed by atoms with E-state index in [0.29, 0.717) is 35.2 Å². The third kappa shape index (κ3) is 8.70. The summed E-state index contributed by atoms with van der Waals surface area (Å²) in [6, 6.07) is 6.86. The summed E-state index contributed by atoms with van der Waals surface area (Å²) in [5.41, 5.74) is -0.0140. The molecule has 34 heavy (non-hydrogen) atoms. The number of nitrogens with zero attached hydrogens (tertiary/aromatic N) is 2. The number of aromatic nitrogens is 2. The van der Waals surface area contributed by atoms with Gasteiger partial charge >= 0.3 is 12.2 Å². The zero-order chi connectivity index (χ0) is 25.5. The van der Waals surface area contributed by atoms with E-state index >= 15 is 0 Å². The maximum absolute atomic E-state index is 12.4. The van der Waals surface area contributed by atoms with E-state index in [1.165, 1.54) is 7.11 Å². The zero-order valence-corrected chi connectivity index (χ0v) is 21.4. The fourth-order valence-electron chi connectivity index (χ4n) is 3.34. The number of hydrogen-bond acceptors (Lipinski definition) is 7. The molecule has 0 saturated carbocycles. The van der Waals surface area contributed by atoms with Gasteiger partial charge in [0.15, 0.2) is 10.9 Å². The van der Waals surface area contributed by atoms with Gasteiger partial charge in [0.1, 0.15) is 18.0 Å². The first kappa shape index (κ1) is 27.2. The van der Waals surface area contributed by atoms with Crippen LogP contribution in [0.1, 0.15) is 48.0 Å². The van der Waals surface area contributed by atoms with Crippen molar-refractivity contribution in [3.05, 3.63) is 35.6 Å². The highest BCUT2D eigenvalue weighted by Gasteiger charge is 2.31. The largest absolute Gasteiger partial charge is 0.488 e. The molecule has 0 aliphatic heterocycles. The molecule has 0 bridgehead atoms. The summed E-state index contributed by atoms with van der Waals surface area (Å²) in [5.74, 6) is 1.01. The van der Waals surface area contributed by atoms with Crippen LogP contribution in [0.3, 0.4) is 0 Å². The topological polar surface area (TPSA) is 112 Å². The van der Waals surface area contributed by atoms with Crippen molar-refractivity contribution >= 4 is 29.6 Å². The molecule has 0 radical (unpaired) electrons. The molecule has 1 atom stereocenters. The van der Waals surface area contributed by atoms with E-state index in [9.17, 15) is 9.59 Å². The Kier molecular flexibility index (Phi) is 9.09. The minimum Gasteiger partial charge on any atom is -0.488 e. The van der Waals surface area contributed by atoms with Crippen molar-refractivity contribution in [2.24, 2.45) is 5.92 Å². The highest BCUT2D eigenvalue weighted by Crippen LogP contribution is 2.29. The second-order valence-corrected chi connectivity index (χ2v) is 9.96. The van der Waals surface area contributed by atoms with Gasteiger partial charge in [-0.25, -0.2) is 19.6 Å². The van der Waals surface area contributed by atoms with E-state index in [1.54, 1.807) is 30.5 Å². The smallest absolute Gasteiger partial charge is 0.412 e. The Balaban J connectivity index is 2.15. The Bertz CT molecular complexity index is 1010. The number of ether oxygens (including phenoxy) is 3. The van der Waals surface area contributed by atoms with Gasteiger partial charge in [0, 0.05) is 11.8 Å². The van der Waals surface area contributed by atoms with E-state index in [2.05, 4.69) is 39.2 Å². The van der Waals surface area contributed by atoms with Crippen molar-refractivity contribution in [1.29, 1.82) is 0 Å². The summed E-state index contributed by atoms with van der Waals surface area (Å²) in [7, 11) is 1.27. The lowest BCUT2D eigenvalue weighted by molar-refractivity contribution is 0.0408. The summed E-state index contributed by atoms with van der Waals surface area (Å²) in [4.78, 5) is 32.3. The van der Waals surface area contributed by atoms with Crippen LogP contribution >= 0.6 is 11.6 Å². The van der Waals surface area contributed by atoms with E-state index in [4.69, 9.17) is 21.1 Å². The Hall–Kier alpha value is -3.07. The lowest BCUT2D eigenvalue weighted by Gasteiger charge is -2.33. The van der Waals surface area contributed by atoms with E-state index < -0.39 is 23.3 Å². The van der Waals surface area contributed by atoms with Gasteiger partial charge in [-0.2, -0.15) is 0 Å². The van der Waals surface area contributed by atoms with Crippen LogP contribution in [-0.4, -0.2) is 47.0 Å². The molecular formula is C24H33ClN4O5. The molecule has 0 fully saturated rings. The summed E-state index contributed by atoms with van der Waals surface area (Å²) in [5, 5.41) is 5.61. The van der Waals surface area contributed by atoms with Crippen molar-refractivity contribution in [3.8, 4) is 17.0 Å². The Labute approximate surface area is 205 Å². The molecule has 10 heteroatoms. The lowest BCUT2D eigenvalue weighted by Crippen LogP contribution is -2.52. The third-order valence-electron chi connectivity index (χ3n) is 4.49. The number of anilines is 1. The number of methoxy groups -OCH3 is 1. The second kappa shape index (κ2) is 11.4. The van der Waals surface area contributed by atoms with Crippen LogP contribution in [0, 0.1) is 5.92 Å². The summed E-state index contributed by atoms with van der Waals surface area (Å²) < 4.78 is 16.0. The number of amides is 2. The molecular weight excluding hydrogens is 460 g/mol. The van der Waals surface area contributed by atoms with Crippen molar-refractivity contribution in [2.75, 3.05) is 19.0 Å². The average molecular weight is 493 g/mol. The maximum atomic E-state index is 12.4. The Morgan fingerprint density at radius 3 is 2.41 bits per heavy atom. The summed E-state index contributed by atoms with van der Waals surface area (Å²) in [6.45, 7) is 11.6. The molecule has 2 rings (SSSR count). The number of carbonyl (C=O) groups is 2. The van der Waals surface area contributed by atoms with Crippen LogP contribution in [0.2, 0.25) is 5.15 Å². The van der Waals surface area contributed by atoms with Gasteiger partial charge in [-0.05, 0) is 64.3 Å². The monoisotopic (exact) mass is 492 g/mol. The molecule has 2 aromatic rings. The molecule has 2 amide bonds. The Morgan fingerprint density at radius 2 is 1.82 bits per heavy atom. The minimum atomic E-state index is -0.682. The number of carbonyl (C=O) groups excluding carboxylic acids is 2. The van der Waals surface area contributed by atoms with Crippen LogP contribution in [0.25, 0.3) is 11.3 Å². The fourth-order valence-corrected chi connectivity index (χ4v) is 3.55. The number of alkyl carbamates (subject to hydrolysis) is 1. The molecule has 186 valence electrons. The molecule has 0 saturated heterocycles. The van der Waals surface area contributed by atoms with Gasteiger partial charge < -0.3 is 19.5 Å². The van der Waals surface area contributed by atoms with Gasteiger partial charge in [-0.15, -0.1) is 0 Å². The van der Waals surface area contributed by atoms with Crippen molar-refractivity contribution < 1.29 is 23.8 Å². The van der Waals surface area contributed by atoms with Crippen LogP contribution in [0.15, 0.2) is 30.5 Å². The standard InChI is InChI=1S/C24H33ClN4O5/c1-15(2)13-24(6,29-22(31)34-23(3,4)5)14-33-18-9-8-17(27-20(18)25)16-10-11-26-19(12-16)28-21(30)32-7/h8-12,15H,13-14H2,1-7H3,(H,29,31)(H,26,28,30). The predicted octanol–water partition coefficient (Wildman–Crippen LogP) is 5.68. The normalized spacial score (nSPS) is 13.1. The molecule has 2 N–H and O–H groups in total. The van der Waals surface area contributed by atoms with Gasteiger partial charge in [0.05, 0.1) is 18.3 Å². The molecule has 0 aliphatic carbocycles. The van der Waals surface area contributed by atoms with Gasteiger partial charge in [0.25, 0.3) is 0 Å². The van der Waals surface area contributed by atoms with Gasteiger partial charge in [0.2, 0.25) is 0 Å². The first-order chi connectivity index (χ1) is 15.8. The quantitative estimate of drug-likeness (QED) is 0.455. The number of rotatable bonds is 8. The highest BCUT2D eigenvalue weighted by atomic mass is 35.5. The second-order valence-electron chi connectivity index (χ2n) is 9.61. The zero-order valence-electron chi connectivity index (χ0n) is 20.7. The van der Waals surface area contributed by atoms with Gasteiger partial charge in [-0.1, -0.05) is 25.4 Å². The molecule has 2 heterocycles. The molecule has 0 spiro atoms. The van der Waals surface area contributed by atoms with E-state index in [-0.39, 0.29) is 11.8 Å². The number of halogens is 1. The van der Waals surface area contributed by atoms with Gasteiger partial charge in [-0.3, -0.25) is 5.32 Å². The molecule has 2 aromatic heterocycles. The van der Waals surface area contributed by atoms with Crippen molar-refractivity contribution in [1.82, 2.24) is 15.3 Å².